The average Bonchev–Trinajstić information content (AvgIpc) is 2.54. The van der Waals surface area contributed by atoms with Crippen LogP contribution >= 0.6 is 0 Å². The molecule has 0 aliphatic carbocycles. The monoisotopic (exact) mass is 222 g/mol. The number of aromatic nitrogens is 2. The minimum absolute atomic E-state index is 0.139. The highest BCUT2D eigenvalue weighted by Gasteiger charge is 2.22. The SMILES string of the molecule is Nc1cncnc1N1CCCCCC1CO. The van der Waals surface area contributed by atoms with Gasteiger partial charge in [-0.1, -0.05) is 12.8 Å². The van der Waals surface area contributed by atoms with Crippen LogP contribution in [0.3, 0.4) is 0 Å². The maximum atomic E-state index is 9.41. The lowest BCUT2D eigenvalue weighted by Crippen LogP contribution is -2.38. The van der Waals surface area contributed by atoms with Crippen molar-refractivity contribution >= 4 is 11.5 Å². The van der Waals surface area contributed by atoms with E-state index in [0.717, 1.165) is 31.6 Å². The van der Waals surface area contributed by atoms with Crippen molar-refractivity contribution < 1.29 is 5.11 Å². The molecule has 0 saturated carbocycles. The van der Waals surface area contributed by atoms with Crippen molar-refractivity contribution in [3.63, 3.8) is 0 Å². The van der Waals surface area contributed by atoms with Crippen LogP contribution in [0.5, 0.6) is 0 Å². The second kappa shape index (κ2) is 5.12. The van der Waals surface area contributed by atoms with Crippen LogP contribution in [-0.4, -0.2) is 34.3 Å². The third kappa shape index (κ3) is 2.24. The number of anilines is 2. The molecule has 5 heteroatoms. The molecule has 1 aliphatic rings. The topological polar surface area (TPSA) is 75.3 Å². The highest BCUT2D eigenvalue weighted by molar-refractivity contribution is 5.61. The summed E-state index contributed by atoms with van der Waals surface area (Å²) in [5.41, 5.74) is 6.46. The molecular weight excluding hydrogens is 204 g/mol. The second-order valence-corrected chi connectivity index (χ2v) is 4.18. The van der Waals surface area contributed by atoms with E-state index in [-0.39, 0.29) is 12.6 Å². The van der Waals surface area contributed by atoms with E-state index in [1.54, 1.807) is 6.20 Å². The number of nitrogens with zero attached hydrogens (tertiary/aromatic N) is 3. The molecule has 1 aromatic heterocycles. The summed E-state index contributed by atoms with van der Waals surface area (Å²) in [6.45, 7) is 1.07. The van der Waals surface area contributed by atoms with Crippen LogP contribution in [0.4, 0.5) is 11.5 Å². The molecule has 0 amide bonds. The minimum atomic E-state index is 0.139. The first-order valence-electron chi connectivity index (χ1n) is 5.76. The summed E-state index contributed by atoms with van der Waals surface area (Å²) in [6.07, 6.45) is 7.61. The van der Waals surface area contributed by atoms with Gasteiger partial charge >= 0.3 is 0 Å². The number of hydrogen-bond acceptors (Lipinski definition) is 5. The largest absolute Gasteiger partial charge is 0.394 e. The van der Waals surface area contributed by atoms with Gasteiger partial charge in [-0.15, -0.1) is 0 Å². The van der Waals surface area contributed by atoms with Gasteiger partial charge in [-0.25, -0.2) is 9.97 Å². The Labute approximate surface area is 95.3 Å². The number of aliphatic hydroxyl groups is 1. The molecule has 3 N–H and O–H groups in total. The fraction of sp³-hybridized carbons (Fsp3) is 0.636. The predicted octanol–water partition coefficient (Wildman–Crippen LogP) is 0.800. The van der Waals surface area contributed by atoms with Gasteiger partial charge in [0.25, 0.3) is 0 Å². The standard InChI is InChI=1S/C11H18N4O/c12-10-6-13-8-14-11(10)15-5-3-1-2-4-9(15)7-16/h6,8-9,16H,1-5,7,12H2. The number of nitrogen functional groups attached to an aromatic ring is 1. The molecule has 0 radical (unpaired) electrons. The van der Waals surface area contributed by atoms with E-state index in [1.807, 2.05) is 0 Å². The molecule has 5 nitrogen and oxygen atoms in total. The normalized spacial score (nSPS) is 21.8. The predicted molar refractivity (Wildman–Crippen MR) is 63.1 cm³/mol. The molecule has 1 unspecified atom stereocenters. The minimum Gasteiger partial charge on any atom is -0.394 e. The Bertz CT molecular complexity index is 345. The molecule has 1 fully saturated rings. The molecule has 1 saturated heterocycles. The molecule has 2 heterocycles. The zero-order valence-corrected chi connectivity index (χ0v) is 9.34. The summed E-state index contributed by atoms with van der Waals surface area (Å²) in [6, 6.07) is 0.139. The van der Waals surface area contributed by atoms with Crippen molar-refractivity contribution in [3.05, 3.63) is 12.5 Å². The summed E-state index contributed by atoms with van der Waals surface area (Å²) in [5, 5.41) is 9.41. The van der Waals surface area contributed by atoms with Crippen LogP contribution in [0.2, 0.25) is 0 Å². The van der Waals surface area contributed by atoms with Crippen LogP contribution in [0, 0.1) is 0 Å². The number of hydrogen-bond donors (Lipinski definition) is 2. The summed E-state index contributed by atoms with van der Waals surface area (Å²) < 4.78 is 0. The maximum absolute atomic E-state index is 9.41. The van der Waals surface area contributed by atoms with Gasteiger partial charge in [-0.05, 0) is 12.8 Å². The first-order chi connectivity index (χ1) is 7.83. The van der Waals surface area contributed by atoms with Gasteiger partial charge in [-0.3, -0.25) is 0 Å². The first-order valence-corrected chi connectivity index (χ1v) is 5.76. The van der Waals surface area contributed by atoms with E-state index in [2.05, 4.69) is 14.9 Å². The van der Waals surface area contributed by atoms with Gasteiger partial charge in [-0.2, -0.15) is 0 Å². The van der Waals surface area contributed by atoms with Gasteiger partial charge in [0.1, 0.15) is 6.33 Å². The van der Waals surface area contributed by atoms with E-state index in [1.165, 1.54) is 12.7 Å². The highest BCUT2D eigenvalue weighted by Crippen LogP contribution is 2.25. The lowest BCUT2D eigenvalue weighted by Gasteiger charge is -2.30. The van der Waals surface area contributed by atoms with E-state index >= 15 is 0 Å². The third-order valence-electron chi connectivity index (χ3n) is 3.08. The molecule has 0 bridgehead atoms. The van der Waals surface area contributed by atoms with Gasteiger partial charge in [0.15, 0.2) is 5.82 Å². The molecule has 1 aliphatic heterocycles. The Morgan fingerprint density at radius 3 is 3.06 bits per heavy atom. The third-order valence-corrected chi connectivity index (χ3v) is 3.08. The van der Waals surface area contributed by atoms with Gasteiger partial charge in [0.05, 0.1) is 24.5 Å². The summed E-state index contributed by atoms with van der Waals surface area (Å²) in [4.78, 5) is 10.2. The van der Waals surface area contributed by atoms with Gasteiger partial charge < -0.3 is 15.7 Å². The number of nitrogens with two attached hydrogens (primary N) is 1. The van der Waals surface area contributed by atoms with E-state index < -0.39 is 0 Å². The lowest BCUT2D eigenvalue weighted by atomic mass is 10.1. The molecule has 1 atom stereocenters. The van der Waals surface area contributed by atoms with E-state index in [9.17, 15) is 5.11 Å². The van der Waals surface area contributed by atoms with Crippen LogP contribution in [-0.2, 0) is 0 Å². The first kappa shape index (κ1) is 11.1. The van der Waals surface area contributed by atoms with Crippen molar-refractivity contribution in [1.29, 1.82) is 0 Å². The fourth-order valence-corrected chi connectivity index (χ4v) is 2.22. The van der Waals surface area contributed by atoms with Crippen molar-refractivity contribution in [2.45, 2.75) is 31.7 Å². The highest BCUT2D eigenvalue weighted by atomic mass is 16.3. The molecule has 88 valence electrons. The summed E-state index contributed by atoms with van der Waals surface area (Å²) in [7, 11) is 0. The Morgan fingerprint density at radius 2 is 2.31 bits per heavy atom. The van der Waals surface area contributed by atoms with Gasteiger partial charge in [0.2, 0.25) is 0 Å². The molecule has 1 aromatic rings. The van der Waals surface area contributed by atoms with E-state index in [0.29, 0.717) is 5.69 Å². The van der Waals surface area contributed by atoms with Crippen molar-refractivity contribution in [3.8, 4) is 0 Å². The van der Waals surface area contributed by atoms with Crippen LogP contribution < -0.4 is 10.6 Å². The number of aliphatic hydroxyl groups excluding tert-OH is 1. The van der Waals surface area contributed by atoms with Gasteiger partial charge in [0, 0.05) is 6.54 Å². The molecule has 16 heavy (non-hydrogen) atoms. The fourth-order valence-electron chi connectivity index (χ4n) is 2.22. The smallest absolute Gasteiger partial charge is 0.155 e. The Kier molecular flexibility index (Phi) is 3.56. The lowest BCUT2D eigenvalue weighted by molar-refractivity contribution is 0.254. The zero-order chi connectivity index (χ0) is 11.4. The Morgan fingerprint density at radius 1 is 1.44 bits per heavy atom. The maximum Gasteiger partial charge on any atom is 0.155 e. The second-order valence-electron chi connectivity index (χ2n) is 4.18. The summed E-state index contributed by atoms with van der Waals surface area (Å²) >= 11 is 0. The van der Waals surface area contributed by atoms with Crippen LogP contribution in [0.1, 0.15) is 25.7 Å². The average molecular weight is 222 g/mol. The van der Waals surface area contributed by atoms with Crippen molar-refractivity contribution in [1.82, 2.24) is 9.97 Å². The Hall–Kier alpha value is -1.36. The molecule has 2 rings (SSSR count). The summed E-state index contributed by atoms with van der Waals surface area (Å²) in [5.74, 6) is 0.760. The molecular formula is C11H18N4O. The zero-order valence-electron chi connectivity index (χ0n) is 9.34. The van der Waals surface area contributed by atoms with E-state index in [4.69, 9.17) is 5.73 Å². The quantitative estimate of drug-likeness (QED) is 0.774. The van der Waals surface area contributed by atoms with Crippen LogP contribution in [0.25, 0.3) is 0 Å². The van der Waals surface area contributed by atoms with Crippen LogP contribution in [0.15, 0.2) is 12.5 Å². The van der Waals surface area contributed by atoms with Crippen molar-refractivity contribution in [2.75, 3.05) is 23.8 Å². The molecule has 0 aromatic carbocycles. The Balaban J connectivity index is 2.25. The number of rotatable bonds is 2. The van der Waals surface area contributed by atoms with Crippen molar-refractivity contribution in [2.24, 2.45) is 0 Å². The molecule has 0 spiro atoms.